The van der Waals surface area contributed by atoms with Gasteiger partial charge in [0.15, 0.2) is 5.52 Å². The van der Waals surface area contributed by atoms with Gasteiger partial charge in [0.25, 0.3) is 11.4 Å². The Morgan fingerprint density at radius 3 is 2.29 bits per heavy atom. The van der Waals surface area contributed by atoms with E-state index in [1.807, 2.05) is 0 Å². The summed E-state index contributed by atoms with van der Waals surface area (Å²) < 4.78 is 0. The second-order valence-corrected chi connectivity index (χ2v) is 4.32. The van der Waals surface area contributed by atoms with Crippen molar-refractivity contribution in [1.82, 2.24) is 9.97 Å². The van der Waals surface area contributed by atoms with Crippen LogP contribution in [0.15, 0.2) is 42.5 Å². The van der Waals surface area contributed by atoms with Crippen LogP contribution >= 0.6 is 0 Å². The number of hydrogen-bond acceptors (Lipinski definition) is 5. The Labute approximate surface area is 117 Å². The Morgan fingerprint density at radius 1 is 0.952 bits per heavy atom. The smallest absolute Gasteiger partial charge is 0.297 e. The van der Waals surface area contributed by atoms with Gasteiger partial charge in [-0.15, -0.1) is 0 Å². The fourth-order valence-corrected chi connectivity index (χ4v) is 2.04. The standard InChI is InChI=1S/C13H8N4O4/c18-16(19)9-6-4-8(5-7-9)13-14-10-2-1-3-11(17(20)21)12(10)15-13/h1-7H,(H,14,15). The van der Waals surface area contributed by atoms with Crippen LogP contribution in [-0.2, 0) is 0 Å². The van der Waals surface area contributed by atoms with Gasteiger partial charge in [0.05, 0.1) is 15.4 Å². The van der Waals surface area contributed by atoms with E-state index in [0.29, 0.717) is 16.9 Å². The maximum Gasteiger partial charge on any atom is 0.297 e. The average molecular weight is 284 g/mol. The second kappa shape index (κ2) is 4.67. The quantitative estimate of drug-likeness (QED) is 0.586. The summed E-state index contributed by atoms with van der Waals surface area (Å²) in [5.74, 6) is 0.425. The number of nitrogens with zero attached hydrogens (tertiary/aromatic N) is 3. The number of rotatable bonds is 3. The first kappa shape index (κ1) is 12.7. The molecule has 0 radical (unpaired) electrons. The molecular formula is C13H8N4O4. The topological polar surface area (TPSA) is 115 Å². The Morgan fingerprint density at radius 2 is 1.67 bits per heavy atom. The van der Waals surface area contributed by atoms with Crippen LogP contribution in [0.3, 0.4) is 0 Å². The van der Waals surface area contributed by atoms with Gasteiger partial charge in [0, 0.05) is 23.8 Å². The first-order valence-electron chi connectivity index (χ1n) is 5.94. The summed E-state index contributed by atoms with van der Waals surface area (Å²) in [6.07, 6.45) is 0. The molecule has 3 rings (SSSR count). The van der Waals surface area contributed by atoms with Crippen LogP contribution in [-0.4, -0.2) is 19.8 Å². The predicted octanol–water partition coefficient (Wildman–Crippen LogP) is 3.05. The number of imidazole rings is 1. The van der Waals surface area contributed by atoms with E-state index in [1.54, 1.807) is 24.3 Å². The first-order valence-corrected chi connectivity index (χ1v) is 5.94. The number of benzene rings is 2. The molecule has 0 aliphatic rings. The van der Waals surface area contributed by atoms with Crippen molar-refractivity contribution in [2.75, 3.05) is 0 Å². The van der Waals surface area contributed by atoms with Crippen LogP contribution in [0.25, 0.3) is 22.4 Å². The third kappa shape index (κ3) is 2.18. The van der Waals surface area contributed by atoms with E-state index in [-0.39, 0.29) is 16.9 Å². The minimum Gasteiger partial charge on any atom is -0.338 e. The predicted molar refractivity (Wildman–Crippen MR) is 74.8 cm³/mol. The van der Waals surface area contributed by atoms with Crippen LogP contribution in [0.4, 0.5) is 11.4 Å². The summed E-state index contributed by atoms with van der Waals surface area (Å²) >= 11 is 0. The SMILES string of the molecule is O=[N+]([O-])c1ccc(-c2nc3c([N+](=O)[O-])cccc3[nH]2)cc1. The van der Waals surface area contributed by atoms with Gasteiger partial charge in [0.2, 0.25) is 0 Å². The summed E-state index contributed by atoms with van der Waals surface area (Å²) in [7, 11) is 0. The zero-order valence-corrected chi connectivity index (χ0v) is 10.5. The number of fused-ring (bicyclic) bond motifs is 1. The van der Waals surface area contributed by atoms with E-state index in [1.165, 1.54) is 18.2 Å². The molecule has 0 bridgehead atoms. The van der Waals surface area contributed by atoms with E-state index in [4.69, 9.17) is 0 Å². The van der Waals surface area contributed by atoms with Crippen LogP contribution in [0.5, 0.6) is 0 Å². The molecule has 0 fully saturated rings. The van der Waals surface area contributed by atoms with E-state index in [0.717, 1.165) is 0 Å². The Hall–Kier alpha value is -3.29. The fourth-order valence-electron chi connectivity index (χ4n) is 2.04. The number of para-hydroxylation sites is 1. The van der Waals surface area contributed by atoms with Crippen molar-refractivity contribution in [2.24, 2.45) is 0 Å². The van der Waals surface area contributed by atoms with Gasteiger partial charge in [-0.3, -0.25) is 20.2 Å². The lowest BCUT2D eigenvalue weighted by Gasteiger charge is -1.95. The highest BCUT2D eigenvalue weighted by Gasteiger charge is 2.16. The van der Waals surface area contributed by atoms with E-state index in [9.17, 15) is 20.2 Å². The highest BCUT2D eigenvalue weighted by atomic mass is 16.6. The van der Waals surface area contributed by atoms with Gasteiger partial charge in [-0.05, 0) is 18.2 Å². The number of aromatic nitrogens is 2. The normalized spacial score (nSPS) is 10.7. The molecule has 1 heterocycles. The minimum absolute atomic E-state index is 0.0270. The monoisotopic (exact) mass is 284 g/mol. The van der Waals surface area contributed by atoms with E-state index >= 15 is 0 Å². The molecule has 1 N–H and O–H groups in total. The lowest BCUT2D eigenvalue weighted by Crippen LogP contribution is -1.89. The number of nitrogens with one attached hydrogen (secondary N) is 1. The molecule has 8 heteroatoms. The molecule has 0 amide bonds. The number of hydrogen-bond donors (Lipinski definition) is 1. The molecule has 21 heavy (non-hydrogen) atoms. The summed E-state index contributed by atoms with van der Waals surface area (Å²) in [5, 5.41) is 21.6. The maximum absolute atomic E-state index is 11.0. The summed E-state index contributed by atoms with van der Waals surface area (Å²) in [6.45, 7) is 0. The molecule has 0 saturated carbocycles. The van der Waals surface area contributed by atoms with Gasteiger partial charge < -0.3 is 4.98 Å². The molecule has 0 spiro atoms. The van der Waals surface area contributed by atoms with Crippen LogP contribution in [0, 0.1) is 20.2 Å². The van der Waals surface area contributed by atoms with Gasteiger partial charge in [0.1, 0.15) is 5.82 Å². The Kier molecular flexibility index (Phi) is 2.83. The van der Waals surface area contributed by atoms with Crippen molar-refractivity contribution in [3.05, 3.63) is 62.7 Å². The van der Waals surface area contributed by atoms with Crippen molar-refractivity contribution in [3.8, 4) is 11.4 Å². The highest BCUT2D eigenvalue weighted by molar-refractivity contribution is 5.87. The van der Waals surface area contributed by atoms with Crippen LogP contribution in [0.1, 0.15) is 0 Å². The molecule has 3 aromatic rings. The molecule has 0 unspecified atom stereocenters. The van der Waals surface area contributed by atoms with Crippen LogP contribution in [0.2, 0.25) is 0 Å². The highest BCUT2D eigenvalue weighted by Crippen LogP contribution is 2.27. The van der Waals surface area contributed by atoms with E-state index < -0.39 is 9.85 Å². The molecule has 1 aromatic heterocycles. The van der Waals surface area contributed by atoms with E-state index in [2.05, 4.69) is 9.97 Å². The van der Waals surface area contributed by atoms with Crippen molar-refractivity contribution in [2.45, 2.75) is 0 Å². The van der Waals surface area contributed by atoms with Gasteiger partial charge in [-0.25, -0.2) is 4.98 Å². The molecule has 0 aliphatic heterocycles. The number of nitro groups is 2. The van der Waals surface area contributed by atoms with Gasteiger partial charge in [-0.2, -0.15) is 0 Å². The third-order valence-corrected chi connectivity index (χ3v) is 3.04. The fraction of sp³-hybridized carbons (Fsp3) is 0. The van der Waals surface area contributed by atoms with Gasteiger partial charge in [-0.1, -0.05) is 6.07 Å². The number of nitro benzene ring substituents is 2. The van der Waals surface area contributed by atoms with Crippen LogP contribution < -0.4 is 0 Å². The molecule has 8 nitrogen and oxygen atoms in total. The summed E-state index contributed by atoms with van der Waals surface area (Å²) in [6, 6.07) is 10.4. The number of non-ortho nitro benzene ring substituents is 2. The van der Waals surface area contributed by atoms with Crippen molar-refractivity contribution < 1.29 is 9.85 Å². The first-order chi connectivity index (χ1) is 10.1. The summed E-state index contributed by atoms with van der Waals surface area (Å²) in [5.41, 5.74) is 1.30. The Balaban J connectivity index is 2.11. The largest absolute Gasteiger partial charge is 0.338 e. The lowest BCUT2D eigenvalue weighted by molar-refractivity contribution is -0.384. The lowest BCUT2D eigenvalue weighted by atomic mass is 10.2. The van der Waals surface area contributed by atoms with Crippen molar-refractivity contribution in [3.63, 3.8) is 0 Å². The molecule has 0 saturated heterocycles. The Bertz CT molecular complexity index is 854. The zero-order valence-electron chi connectivity index (χ0n) is 10.5. The minimum atomic E-state index is -0.497. The molecule has 0 atom stereocenters. The molecule has 104 valence electrons. The average Bonchev–Trinajstić information content (AvgIpc) is 2.90. The molecule has 0 aliphatic carbocycles. The number of H-pyrrole nitrogens is 1. The zero-order chi connectivity index (χ0) is 15.0. The second-order valence-electron chi connectivity index (χ2n) is 4.32. The molecular weight excluding hydrogens is 276 g/mol. The maximum atomic E-state index is 11.0. The van der Waals surface area contributed by atoms with Crippen molar-refractivity contribution >= 4 is 22.4 Å². The van der Waals surface area contributed by atoms with Crippen molar-refractivity contribution in [1.29, 1.82) is 0 Å². The molecule has 2 aromatic carbocycles. The summed E-state index contributed by atoms with van der Waals surface area (Å²) in [4.78, 5) is 27.8. The third-order valence-electron chi connectivity index (χ3n) is 3.04. The number of aromatic amines is 1. The van der Waals surface area contributed by atoms with Gasteiger partial charge >= 0.3 is 0 Å².